The second kappa shape index (κ2) is 4.71. The first-order valence-corrected chi connectivity index (χ1v) is 6.11. The van der Waals surface area contributed by atoms with Gasteiger partial charge in [0.2, 0.25) is 11.7 Å². The first-order valence-electron chi connectivity index (χ1n) is 5.73. The van der Waals surface area contributed by atoms with Crippen LogP contribution in [0.4, 0.5) is 0 Å². The summed E-state index contributed by atoms with van der Waals surface area (Å²) in [5, 5.41) is 4.62. The minimum absolute atomic E-state index is 0.121. The van der Waals surface area contributed by atoms with Gasteiger partial charge in [-0.3, -0.25) is 0 Å². The number of benzene rings is 1. The van der Waals surface area contributed by atoms with Crippen LogP contribution in [-0.2, 0) is 0 Å². The van der Waals surface area contributed by atoms with Crippen molar-refractivity contribution in [1.29, 1.82) is 0 Å². The van der Waals surface area contributed by atoms with Gasteiger partial charge in [0.05, 0.1) is 6.04 Å². The van der Waals surface area contributed by atoms with E-state index < -0.39 is 0 Å². The van der Waals surface area contributed by atoms with Gasteiger partial charge in [0.25, 0.3) is 0 Å². The third-order valence-corrected chi connectivity index (χ3v) is 3.00. The van der Waals surface area contributed by atoms with Gasteiger partial charge >= 0.3 is 0 Å². The Labute approximate surface area is 111 Å². The summed E-state index contributed by atoms with van der Waals surface area (Å²) in [6.07, 6.45) is 0. The molecule has 0 saturated heterocycles. The molecule has 2 aromatic rings. The summed E-state index contributed by atoms with van der Waals surface area (Å²) in [6.45, 7) is 6.09. The molecular formula is C13H16ClN3O. The Morgan fingerprint density at radius 1 is 1.22 bits per heavy atom. The minimum Gasteiger partial charge on any atom is -0.337 e. The van der Waals surface area contributed by atoms with Gasteiger partial charge in [-0.1, -0.05) is 37.5 Å². The summed E-state index contributed by atoms with van der Waals surface area (Å²) in [5.41, 5.74) is 6.81. The van der Waals surface area contributed by atoms with Crippen molar-refractivity contribution in [2.24, 2.45) is 11.1 Å². The monoisotopic (exact) mass is 265 g/mol. The predicted molar refractivity (Wildman–Crippen MR) is 71.1 cm³/mol. The molecule has 1 heterocycles. The molecule has 4 nitrogen and oxygen atoms in total. The van der Waals surface area contributed by atoms with E-state index in [0.29, 0.717) is 16.7 Å². The molecule has 2 rings (SSSR count). The van der Waals surface area contributed by atoms with Crippen LogP contribution in [0.1, 0.15) is 32.7 Å². The van der Waals surface area contributed by atoms with E-state index in [1.807, 2.05) is 32.9 Å². The van der Waals surface area contributed by atoms with Crippen molar-refractivity contribution < 1.29 is 4.52 Å². The zero-order valence-corrected chi connectivity index (χ0v) is 11.4. The molecule has 0 saturated carbocycles. The summed E-state index contributed by atoms with van der Waals surface area (Å²) >= 11 is 5.83. The maximum absolute atomic E-state index is 6.07. The Kier molecular flexibility index (Phi) is 3.41. The van der Waals surface area contributed by atoms with Crippen LogP contribution in [0.5, 0.6) is 0 Å². The van der Waals surface area contributed by atoms with Crippen molar-refractivity contribution in [2.75, 3.05) is 0 Å². The lowest BCUT2D eigenvalue weighted by Gasteiger charge is -2.23. The normalized spacial score (nSPS) is 13.6. The molecule has 0 amide bonds. The summed E-state index contributed by atoms with van der Waals surface area (Å²) in [6, 6.07) is 6.98. The Bertz CT molecular complexity index is 528. The minimum atomic E-state index is -0.286. The first-order chi connectivity index (χ1) is 8.38. The van der Waals surface area contributed by atoms with E-state index in [0.717, 1.165) is 5.56 Å². The Morgan fingerprint density at radius 2 is 1.83 bits per heavy atom. The Balaban J connectivity index is 2.28. The van der Waals surface area contributed by atoms with Crippen molar-refractivity contribution >= 4 is 11.6 Å². The van der Waals surface area contributed by atoms with Gasteiger partial charge in [0.1, 0.15) is 0 Å². The number of aromatic nitrogens is 2. The molecule has 0 unspecified atom stereocenters. The smallest absolute Gasteiger partial charge is 0.244 e. The number of rotatable bonds is 2. The van der Waals surface area contributed by atoms with E-state index >= 15 is 0 Å². The van der Waals surface area contributed by atoms with Gasteiger partial charge in [-0.25, -0.2) is 0 Å². The Hall–Kier alpha value is -1.39. The maximum Gasteiger partial charge on any atom is 0.244 e. The molecule has 0 fully saturated rings. The number of hydrogen-bond acceptors (Lipinski definition) is 4. The van der Waals surface area contributed by atoms with Crippen LogP contribution in [0.15, 0.2) is 28.8 Å². The fraction of sp³-hybridized carbons (Fsp3) is 0.385. The molecule has 5 heteroatoms. The Morgan fingerprint density at radius 3 is 2.39 bits per heavy atom. The molecule has 0 bridgehead atoms. The molecular weight excluding hydrogens is 250 g/mol. The van der Waals surface area contributed by atoms with Gasteiger partial charge < -0.3 is 10.3 Å². The van der Waals surface area contributed by atoms with Crippen LogP contribution < -0.4 is 5.73 Å². The highest BCUT2D eigenvalue weighted by molar-refractivity contribution is 6.30. The van der Waals surface area contributed by atoms with Gasteiger partial charge in [-0.2, -0.15) is 4.98 Å². The average Bonchev–Trinajstić information content (AvgIpc) is 2.77. The quantitative estimate of drug-likeness (QED) is 0.903. The van der Waals surface area contributed by atoms with Gasteiger partial charge in [-0.15, -0.1) is 0 Å². The van der Waals surface area contributed by atoms with Crippen molar-refractivity contribution in [2.45, 2.75) is 26.8 Å². The SMILES string of the molecule is CC(C)(C)[C@@H](N)c1nc(-c2ccc(Cl)cc2)no1. The van der Waals surface area contributed by atoms with E-state index in [1.165, 1.54) is 0 Å². The molecule has 1 atom stereocenters. The summed E-state index contributed by atoms with van der Waals surface area (Å²) in [4.78, 5) is 4.33. The predicted octanol–water partition coefficient (Wildman–Crippen LogP) is 3.44. The van der Waals surface area contributed by atoms with E-state index in [9.17, 15) is 0 Å². The number of halogens is 1. The largest absolute Gasteiger partial charge is 0.337 e. The van der Waals surface area contributed by atoms with Crippen molar-refractivity contribution in [1.82, 2.24) is 10.1 Å². The fourth-order valence-electron chi connectivity index (χ4n) is 1.45. The van der Waals surface area contributed by atoms with Gasteiger partial charge in [0, 0.05) is 10.6 Å². The number of hydrogen-bond donors (Lipinski definition) is 1. The zero-order valence-electron chi connectivity index (χ0n) is 10.6. The molecule has 18 heavy (non-hydrogen) atoms. The molecule has 0 aliphatic heterocycles. The highest BCUT2D eigenvalue weighted by atomic mass is 35.5. The average molecular weight is 266 g/mol. The number of nitrogens with zero attached hydrogens (tertiary/aromatic N) is 2. The summed E-state index contributed by atoms with van der Waals surface area (Å²) in [5.74, 6) is 0.980. The first kappa shape index (κ1) is 13.1. The third-order valence-electron chi connectivity index (χ3n) is 2.74. The highest BCUT2D eigenvalue weighted by Gasteiger charge is 2.27. The standard InChI is InChI=1S/C13H16ClN3O/c1-13(2,3)10(15)12-16-11(17-18-12)8-4-6-9(14)7-5-8/h4-7,10H,15H2,1-3H3/t10-/m0/s1. The molecule has 96 valence electrons. The molecule has 2 N–H and O–H groups in total. The van der Waals surface area contributed by atoms with Gasteiger partial charge in [0.15, 0.2) is 0 Å². The van der Waals surface area contributed by atoms with Gasteiger partial charge in [-0.05, 0) is 29.7 Å². The third kappa shape index (κ3) is 2.71. The van der Waals surface area contributed by atoms with Crippen LogP contribution in [0.25, 0.3) is 11.4 Å². The highest BCUT2D eigenvalue weighted by Crippen LogP contribution is 2.30. The van der Waals surface area contributed by atoms with Crippen LogP contribution >= 0.6 is 11.6 Å². The van der Waals surface area contributed by atoms with Crippen LogP contribution in [-0.4, -0.2) is 10.1 Å². The van der Waals surface area contributed by atoms with Crippen molar-refractivity contribution in [3.63, 3.8) is 0 Å². The lowest BCUT2D eigenvalue weighted by molar-refractivity contribution is 0.253. The summed E-state index contributed by atoms with van der Waals surface area (Å²) in [7, 11) is 0. The van der Waals surface area contributed by atoms with Crippen LogP contribution in [0.2, 0.25) is 5.02 Å². The van der Waals surface area contributed by atoms with E-state index in [4.69, 9.17) is 21.9 Å². The van der Waals surface area contributed by atoms with Crippen LogP contribution in [0, 0.1) is 5.41 Å². The summed E-state index contributed by atoms with van der Waals surface area (Å²) < 4.78 is 5.22. The van der Waals surface area contributed by atoms with E-state index in [1.54, 1.807) is 12.1 Å². The number of nitrogens with two attached hydrogens (primary N) is 1. The zero-order chi connectivity index (χ0) is 13.3. The second-order valence-corrected chi connectivity index (χ2v) is 5.74. The molecule has 0 radical (unpaired) electrons. The van der Waals surface area contributed by atoms with Crippen molar-refractivity contribution in [3.8, 4) is 11.4 Å². The van der Waals surface area contributed by atoms with E-state index in [-0.39, 0.29) is 11.5 Å². The molecule has 0 aliphatic rings. The van der Waals surface area contributed by atoms with Crippen LogP contribution in [0.3, 0.4) is 0 Å². The fourth-order valence-corrected chi connectivity index (χ4v) is 1.57. The second-order valence-electron chi connectivity index (χ2n) is 5.31. The van der Waals surface area contributed by atoms with E-state index in [2.05, 4.69) is 10.1 Å². The molecule has 0 spiro atoms. The molecule has 0 aliphatic carbocycles. The molecule has 1 aromatic heterocycles. The molecule has 1 aromatic carbocycles. The van der Waals surface area contributed by atoms with Crippen molar-refractivity contribution in [3.05, 3.63) is 35.2 Å². The maximum atomic E-state index is 6.07. The lowest BCUT2D eigenvalue weighted by atomic mass is 9.87. The topological polar surface area (TPSA) is 64.9 Å². The lowest BCUT2D eigenvalue weighted by Crippen LogP contribution is -2.26.